The number of methoxy groups -OCH3 is 3. The molecule has 5 rings (SSSR count). The van der Waals surface area contributed by atoms with Gasteiger partial charge in [-0.25, -0.2) is 4.79 Å². The van der Waals surface area contributed by atoms with E-state index in [9.17, 15) is 34.2 Å². The first kappa shape index (κ1) is 55.7. The summed E-state index contributed by atoms with van der Waals surface area (Å²) >= 11 is 0. The predicted octanol–water partition coefficient (Wildman–Crippen LogP) is 6.05. The van der Waals surface area contributed by atoms with Crippen LogP contribution in [-0.2, 0) is 47.7 Å². The number of Topliss-reactive ketones (excluding diaryl/α,β-unsaturated/α-hetero) is 3. The molecule has 17 nitrogen and oxygen atoms in total. The molecule has 4 aliphatic rings. The number of ketones is 3. The summed E-state index contributed by atoms with van der Waals surface area (Å²) in [6, 6.07) is -1.24. The lowest BCUT2D eigenvalue weighted by molar-refractivity contribution is -0.265. The van der Waals surface area contributed by atoms with Gasteiger partial charge in [0.25, 0.3) is 11.7 Å². The Morgan fingerprint density at radius 1 is 0.884 bits per heavy atom. The number of carbonyl (C=O) groups is 5. The Bertz CT molecular complexity index is 2020. The Morgan fingerprint density at radius 2 is 1.64 bits per heavy atom. The van der Waals surface area contributed by atoms with Crippen LogP contribution in [0.1, 0.15) is 132 Å². The van der Waals surface area contributed by atoms with Gasteiger partial charge in [0.2, 0.25) is 5.79 Å². The second-order valence-corrected chi connectivity index (χ2v) is 20.3. The molecular weight excluding hydrogens is 887 g/mol. The van der Waals surface area contributed by atoms with Gasteiger partial charge in [-0.3, -0.25) is 19.2 Å². The summed E-state index contributed by atoms with van der Waals surface area (Å²) in [5, 5.41) is 35.7. The maximum absolute atomic E-state index is 14.5. The zero-order valence-electron chi connectivity index (χ0n) is 42.5. The van der Waals surface area contributed by atoms with E-state index in [1.807, 2.05) is 58.1 Å². The molecule has 17 heteroatoms. The van der Waals surface area contributed by atoms with Crippen molar-refractivity contribution in [2.75, 3.05) is 27.9 Å². The molecule has 0 aromatic carbocycles. The lowest BCUT2D eigenvalue weighted by atomic mass is 9.77. The van der Waals surface area contributed by atoms with Crippen LogP contribution < -0.4 is 0 Å². The van der Waals surface area contributed by atoms with Crippen LogP contribution in [0, 0.1) is 35.5 Å². The Balaban J connectivity index is 1.46. The molecule has 0 spiro atoms. The van der Waals surface area contributed by atoms with Crippen molar-refractivity contribution in [1.82, 2.24) is 25.1 Å². The van der Waals surface area contributed by atoms with E-state index in [0.29, 0.717) is 56.9 Å². The van der Waals surface area contributed by atoms with Crippen LogP contribution in [0.5, 0.6) is 0 Å². The number of nitrogens with zero attached hydrogens (tertiary/aromatic N) is 5. The standard InChI is InChI=1S/C52H79N5O12/c1-31-16-12-11-13-17-32(2)43(65-8)28-39-21-19-37(7)52(64,69-39)49(61)50(62)56-23-15-14-18-41(56)51(63)68-44(34(4)26-38-20-22-40(45(27-38)66-9)57-54-30-53-55-57)29-42(58)33(3)25-36(6)47(60)48(67-10)46(59)35(5)24-31/h11-13,16-17,25,30-31,33-35,37-41,43-45,47-48,60,64H,14-15,18-24,26-29H2,1-10H3/b13-11+,16-12+,32-17+,36-25+/t31-,33-,34-,35?,37-,38+,39+,40+,41+,43+,44?,45-,47-,48?,52-/m1/s1. The number of hydrogen-bond acceptors (Lipinski definition) is 15. The van der Waals surface area contributed by atoms with Crippen molar-refractivity contribution in [3.8, 4) is 0 Å². The van der Waals surface area contributed by atoms with Gasteiger partial charge in [-0.2, -0.15) is 4.80 Å². The molecular formula is C52H79N5O12. The first-order chi connectivity index (χ1) is 32.8. The van der Waals surface area contributed by atoms with E-state index >= 15 is 0 Å². The third kappa shape index (κ3) is 14.2. The zero-order valence-corrected chi connectivity index (χ0v) is 42.5. The molecule has 384 valence electrons. The topological polar surface area (TPSA) is 219 Å². The van der Waals surface area contributed by atoms with Crippen LogP contribution in [0.4, 0.5) is 0 Å². The molecule has 3 fully saturated rings. The highest BCUT2D eigenvalue weighted by molar-refractivity contribution is 6.39. The minimum atomic E-state index is -2.43. The van der Waals surface area contributed by atoms with E-state index in [-0.39, 0.29) is 60.9 Å². The first-order valence-corrected chi connectivity index (χ1v) is 25.0. The lowest BCUT2D eigenvalue weighted by Crippen LogP contribution is -2.61. The van der Waals surface area contributed by atoms with Crippen molar-refractivity contribution in [1.29, 1.82) is 0 Å². The molecule has 2 bridgehead atoms. The van der Waals surface area contributed by atoms with Crippen LogP contribution in [0.15, 0.2) is 53.9 Å². The van der Waals surface area contributed by atoms with Gasteiger partial charge in [0, 0.05) is 58.5 Å². The second kappa shape index (κ2) is 25.7. The van der Waals surface area contributed by atoms with E-state index in [1.165, 1.54) is 18.3 Å². The molecule has 1 saturated carbocycles. The van der Waals surface area contributed by atoms with Crippen LogP contribution in [-0.4, -0.2) is 141 Å². The smallest absolute Gasteiger partial charge is 0.329 e. The van der Waals surface area contributed by atoms with Crippen molar-refractivity contribution in [3.63, 3.8) is 0 Å². The highest BCUT2D eigenvalue weighted by atomic mass is 16.6. The van der Waals surface area contributed by atoms with Crippen LogP contribution in [0.25, 0.3) is 0 Å². The normalized spacial score (nSPS) is 38.8. The van der Waals surface area contributed by atoms with Crippen molar-refractivity contribution in [3.05, 3.63) is 53.9 Å². The number of carbonyl (C=O) groups excluding carboxylic acids is 5. The fourth-order valence-electron chi connectivity index (χ4n) is 10.7. The largest absolute Gasteiger partial charge is 0.460 e. The van der Waals surface area contributed by atoms with Crippen molar-refractivity contribution in [2.45, 2.75) is 180 Å². The summed E-state index contributed by atoms with van der Waals surface area (Å²) < 4.78 is 29.9. The molecule has 15 atom stereocenters. The Morgan fingerprint density at radius 3 is 2.32 bits per heavy atom. The second-order valence-electron chi connectivity index (χ2n) is 20.3. The fraction of sp³-hybridized carbons (Fsp3) is 0.731. The third-order valence-electron chi connectivity index (χ3n) is 15.1. The van der Waals surface area contributed by atoms with Gasteiger partial charge in [-0.15, -0.1) is 10.2 Å². The van der Waals surface area contributed by atoms with Crippen molar-refractivity contribution in [2.24, 2.45) is 35.5 Å². The zero-order chi connectivity index (χ0) is 50.6. The molecule has 69 heavy (non-hydrogen) atoms. The third-order valence-corrected chi connectivity index (χ3v) is 15.1. The number of allylic oxidation sites excluding steroid dienone is 6. The number of piperidine rings is 1. The van der Waals surface area contributed by atoms with Gasteiger partial charge >= 0.3 is 5.97 Å². The maximum atomic E-state index is 14.5. The number of ether oxygens (including phenoxy) is 5. The average molecular weight is 966 g/mol. The van der Waals surface area contributed by atoms with Gasteiger partial charge in [-0.1, -0.05) is 71.1 Å². The summed E-state index contributed by atoms with van der Waals surface area (Å²) in [5.74, 6) is -7.94. The molecule has 3 unspecified atom stereocenters. The van der Waals surface area contributed by atoms with E-state index in [0.717, 1.165) is 18.4 Å². The maximum Gasteiger partial charge on any atom is 0.329 e. The van der Waals surface area contributed by atoms with E-state index in [2.05, 4.69) is 15.4 Å². The number of esters is 1. The summed E-state index contributed by atoms with van der Waals surface area (Å²) in [5.41, 5.74) is 1.27. The fourth-order valence-corrected chi connectivity index (χ4v) is 10.7. The van der Waals surface area contributed by atoms with E-state index in [4.69, 9.17) is 23.7 Å². The van der Waals surface area contributed by atoms with Crippen LogP contribution in [0.3, 0.4) is 0 Å². The molecule has 1 amide bonds. The molecule has 1 aliphatic carbocycles. The highest BCUT2D eigenvalue weighted by Gasteiger charge is 2.53. The van der Waals surface area contributed by atoms with Crippen LogP contribution in [0.2, 0.25) is 0 Å². The van der Waals surface area contributed by atoms with Gasteiger partial charge in [0.1, 0.15) is 30.1 Å². The number of aliphatic hydroxyl groups is 2. The number of hydrogen-bond donors (Lipinski definition) is 2. The molecule has 1 aromatic rings. The average Bonchev–Trinajstić information content (AvgIpc) is 3.88. The summed E-state index contributed by atoms with van der Waals surface area (Å²) in [7, 11) is 4.61. The van der Waals surface area contributed by atoms with Crippen molar-refractivity contribution >= 4 is 29.2 Å². The minimum Gasteiger partial charge on any atom is -0.460 e. The minimum absolute atomic E-state index is 0.0168. The van der Waals surface area contributed by atoms with E-state index in [1.54, 1.807) is 45.9 Å². The molecule has 1 aromatic heterocycles. The van der Waals surface area contributed by atoms with Gasteiger partial charge < -0.3 is 38.8 Å². The number of fused-ring (bicyclic) bond motifs is 3. The number of tetrazole rings is 1. The number of aliphatic hydroxyl groups excluding tert-OH is 1. The Kier molecular flexibility index (Phi) is 20.8. The first-order valence-electron chi connectivity index (χ1n) is 25.0. The quantitative estimate of drug-likeness (QED) is 0.181. The summed E-state index contributed by atoms with van der Waals surface area (Å²) in [6.07, 6.45) is 13.7. The van der Waals surface area contributed by atoms with Gasteiger partial charge in [-0.05, 0) is 112 Å². The van der Waals surface area contributed by atoms with Crippen molar-refractivity contribution < 1.29 is 57.9 Å². The molecule has 2 saturated heterocycles. The molecule has 3 aliphatic heterocycles. The number of rotatable bonds is 7. The summed E-state index contributed by atoms with van der Waals surface area (Å²) in [4.78, 5) is 73.9. The Hall–Kier alpha value is -4.26. The molecule has 4 heterocycles. The highest BCUT2D eigenvalue weighted by Crippen LogP contribution is 2.39. The lowest BCUT2D eigenvalue weighted by Gasteiger charge is -2.42. The van der Waals surface area contributed by atoms with E-state index < -0.39 is 77.8 Å². The van der Waals surface area contributed by atoms with Crippen LogP contribution >= 0.6 is 0 Å². The predicted molar refractivity (Wildman–Crippen MR) is 256 cm³/mol. The van der Waals surface area contributed by atoms with Gasteiger partial charge in [0.05, 0.1) is 24.4 Å². The number of cyclic esters (lactones) is 1. The Labute approximate surface area is 408 Å². The molecule has 2 N–H and O–H groups in total. The number of aromatic nitrogens is 4. The van der Waals surface area contributed by atoms with Gasteiger partial charge in [0.15, 0.2) is 12.1 Å². The molecule has 0 radical (unpaired) electrons. The summed E-state index contributed by atoms with van der Waals surface area (Å²) in [6.45, 7) is 12.8. The number of amides is 1. The monoisotopic (exact) mass is 966 g/mol. The SMILES string of the molecule is COC1C(=O)C(C)C[C@H](C)/C=C/C=C/C=C(\C)[C@@H](OC)C[C@@H]2CC[C@@H](C)[C@@](O)(O2)C(=O)C(=O)N2CCCC[C@H]2C(=O)OC([C@H](C)C[C@@H]2CC[C@H](n3ncnn3)[C@H](OC)C2)CC(=O)[C@H](C)/C=C(\C)[C@H]1O.